The third-order valence-electron chi connectivity index (χ3n) is 3.05. The number of piperidine rings is 1. The van der Waals surface area contributed by atoms with Gasteiger partial charge in [0.15, 0.2) is 0 Å². The number of halogens is 4. The van der Waals surface area contributed by atoms with Crippen LogP contribution in [0.5, 0.6) is 0 Å². The molecule has 19 heavy (non-hydrogen) atoms. The second-order valence-corrected chi connectivity index (χ2v) is 4.14. The number of nitrogens with one attached hydrogen (secondary N) is 1. The second kappa shape index (κ2) is 8.43. The van der Waals surface area contributed by atoms with E-state index in [1.807, 2.05) is 13.8 Å². The Morgan fingerprint density at radius 3 is 1.95 bits per heavy atom. The molecule has 1 aliphatic rings. The summed E-state index contributed by atoms with van der Waals surface area (Å²) in [6, 6.07) is 5.58. The molecule has 0 amide bonds. The zero-order valence-corrected chi connectivity index (χ0v) is 12.1. The van der Waals surface area contributed by atoms with Crippen LogP contribution in [0.25, 0.3) is 0 Å². The van der Waals surface area contributed by atoms with Crippen LogP contribution in [-0.2, 0) is 6.18 Å². The molecule has 1 aromatic carbocycles. The van der Waals surface area contributed by atoms with Gasteiger partial charge in [0, 0.05) is 2.85 Å². The Bertz CT molecular complexity index is 352. The first-order valence-electron chi connectivity index (χ1n) is 6.45. The fourth-order valence-corrected chi connectivity index (χ4v) is 2.10. The summed E-state index contributed by atoms with van der Waals surface area (Å²) in [5.74, 6) is 0.406. The van der Waals surface area contributed by atoms with E-state index in [1.165, 1.54) is 12.1 Å². The van der Waals surface area contributed by atoms with Crippen molar-refractivity contribution in [2.45, 2.75) is 38.8 Å². The van der Waals surface area contributed by atoms with Gasteiger partial charge in [0.2, 0.25) is 0 Å². The van der Waals surface area contributed by atoms with Crippen LogP contribution >= 0.6 is 12.4 Å². The molecule has 1 saturated heterocycles. The fraction of sp³-hybridized carbons (Fsp3) is 0.571. The Balaban J connectivity index is -0.000000621. The Labute approximate surface area is 122 Å². The molecular weight excluding hydrogens is 275 g/mol. The molecule has 0 aromatic heterocycles. The zero-order chi connectivity index (χ0) is 13.6. The average Bonchev–Trinajstić information content (AvgIpc) is 2.41. The fourth-order valence-electron chi connectivity index (χ4n) is 2.10. The maximum absolute atomic E-state index is 12.4. The predicted octanol–water partition coefficient (Wildman–Crippen LogP) is 5.11. The largest absolute Gasteiger partial charge is 0.416 e. The van der Waals surface area contributed by atoms with Crippen LogP contribution in [-0.4, -0.2) is 13.1 Å². The number of rotatable bonds is 1. The topological polar surface area (TPSA) is 12.0 Å². The van der Waals surface area contributed by atoms with E-state index in [9.17, 15) is 13.2 Å². The quantitative estimate of drug-likeness (QED) is 0.759. The molecule has 0 radical (unpaired) electrons. The zero-order valence-electron chi connectivity index (χ0n) is 11.3. The molecule has 0 aliphatic carbocycles. The molecule has 1 heterocycles. The van der Waals surface area contributed by atoms with Crippen molar-refractivity contribution in [3.05, 3.63) is 35.4 Å². The third kappa shape index (κ3) is 5.41. The van der Waals surface area contributed by atoms with Gasteiger partial charge >= 0.3 is 6.18 Å². The van der Waals surface area contributed by atoms with E-state index in [1.54, 1.807) is 12.1 Å². The lowest BCUT2D eigenvalue weighted by atomic mass is 9.90. The second-order valence-electron chi connectivity index (χ2n) is 4.14. The van der Waals surface area contributed by atoms with Gasteiger partial charge in [0.1, 0.15) is 0 Å². The van der Waals surface area contributed by atoms with Crippen LogP contribution in [0.3, 0.4) is 0 Å². The van der Waals surface area contributed by atoms with Crippen molar-refractivity contribution in [1.29, 1.82) is 0 Å². The summed E-state index contributed by atoms with van der Waals surface area (Å²) in [6.45, 7) is 5.90. The van der Waals surface area contributed by atoms with Gasteiger partial charge < -0.3 is 5.32 Å². The van der Waals surface area contributed by atoms with E-state index in [0.29, 0.717) is 5.92 Å². The number of hydrogen-bond donors (Lipinski definition) is 1. The highest BCUT2D eigenvalue weighted by Gasteiger charge is 2.30. The van der Waals surface area contributed by atoms with E-state index in [4.69, 9.17) is 0 Å². The van der Waals surface area contributed by atoms with Gasteiger partial charge in [-0.15, -0.1) is 12.4 Å². The lowest BCUT2D eigenvalue weighted by Crippen LogP contribution is -2.26. The van der Waals surface area contributed by atoms with E-state index in [0.717, 1.165) is 31.5 Å². The highest BCUT2D eigenvalue weighted by molar-refractivity contribution is 5.85. The molecule has 1 nitrogen and oxygen atoms in total. The van der Waals surface area contributed by atoms with Gasteiger partial charge in [-0.25, -0.2) is 0 Å². The van der Waals surface area contributed by atoms with Crippen LogP contribution < -0.4 is 5.32 Å². The first-order valence-corrected chi connectivity index (χ1v) is 6.45. The molecule has 0 bridgehead atoms. The minimum Gasteiger partial charge on any atom is -0.317 e. The maximum Gasteiger partial charge on any atom is 0.416 e. The van der Waals surface area contributed by atoms with Gasteiger partial charge in [0.05, 0.1) is 5.56 Å². The number of benzene rings is 1. The molecule has 2 rings (SSSR count). The summed E-state index contributed by atoms with van der Waals surface area (Å²) >= 11 is 0. The normalized spacial score (nSPS) is 16.1. The Morgan fingerprint density at radius 2 is 1.53 bits per heavy atom. The maximum atomic E-state index is 12.4. The number of alkyl halides is 3. The van der Waals surface area contributed by atoms with Gasteiger partial charge in [-0.2, -0.15) is 13.2 Å². The first-order chi connectivity index (χ1) is 8.57. The molecule has 5 heteroatoms. The van der Waals surface area contributed by atoms with E-state index >= 15 is 0 Å². The molecule has 0 unspecified atom stereocenters. The minimum absolute atomic E-state index is 0. The first kappa shape index (κ1) is 18.3. The van der Waals surface area contributed by atoms with Crippen molar-refractivity contribution in [1.82, 2.24) is 5.32 Å². The highest BCUT2D eigenvalue weighted by atomic mass is 35.5. The van der Waals surface area contributed by atoms with Crippen LogP contribution in [0.2, 0.25) is 0 Å². The molecule has 114 valence electrons. The van der Waals surface area contributed by atoms with Crippen LogP contribution in [0, 0.1) is 0 Å². The molecule has 0 spiro atoms. The molecule has 1 aliphatic heterocycles. The van der Waals surface area contributed by atoms with Crippen LogP contribution in [0.4, 0.5) is 13.2 Å². The van der Waals surface area contributed by atoms with Crippen molar-refractivity contribution >= 4 is 12.4 Å². The average molecular weight is 300 g/mol. The SMILES string of the molecule is CC.Cl.FC(F)(F)c1ccc(C2CCNCC2)cc1.[HH].[HH]. The van der Waals surface area contributed by atoms with Crippen molar-refractivity contribution < 1.29 is 16.0 Å². The third-order valence-corrected chi connectivity index (χ3v) is 3.05. The molecule has 1 aromatic rings. The predicted molar refractivity (Wildman–Crippen MR) is 79.1 cm³/mol. The molecule has 1 N–H and O–H groups in total. The van der Waals surface area contributed by atoms with E-state index in [2.05, 4.69) is 5.32 Å². The van der Waals surface area contributed by atoms with Gasteiger partial charge in [0.25, 0.3) is 0 Å². The van der Waals surface area contributed by atoms with E-state index < -0.39 is 11.7 Å². The van der Waals surface area contributed by atoms with Gasteiger partial charge in [-0.3, -0.25) is 0 Å². The molecular formula is C14H25ClF3N. The van der Waals surface area contributed by atoms with E-state index in [-0.39, 0.29) is 15.3 Å². The number of hydrogen-bond acceptors (Lipinski definition) is 1. The van der Waals surface area contributed by atoms with Crippen molar-refractivity contribution in [2.24, 2.45) is 0 Å². The summed E-state index contributed by atoms with van der Waals surface area (Å²) in [6.07, 6.45) is -2.22. The van der Waals surface area contributed by atoms with Crippen LogP contribution in [0.1, 0.15) is 46.6 Å². The van der Waals surface area contributed by atoms with Gasteiger partial charge in [-0.1, -0.05) is 26.0 Å². The minimum atomic E-state index is -4.23. The Hall–Kier alpha value is -0.740. The molecule has 1 fully saturated rings. The van der Waals surface area contributed by atoms with Gasteiger partial charge in [-0.05, 0) is 49.5 Å². The van der Waals surface area contributed by atoms with Crippen molar-refractivity contribution in [3.63, 3.8) is 0 Å². The standard InChI is InChI=1S/C12H14F3N.C2H6.ClH.2H2/c13-12(14,15)11-3-1-9(2-4-11)10-5-7-16-8-6-10;1-2;;;/h1-4,10,16H,5-8H2;1-2H3;3*1H. The lowest BCUT2D eigenvalue weighted by Gasteiger charge is -2.23. The van der Waals surface area contributed by atoms with Crippen molar-refractivity contribution in [2.75, 3.05) is 13.1 Å². The van der Waals surface area contributed by atoms with Crippen LogP contribution in [0.15, 0.2) is 24.3 Å². The monoisotopic (exact) mass is 299 g/mol. The Kier molecular flexibility index (Phi) is 8.11. The smallest absolute Gasteiger partial charge is 0.317 e. The molecule has 0 atom stereocenters. The summed E-state index contributed by atoms with van der Waals surface area (Å²) in [5.41, 5.74) is 0.458. The molecule has 0 saturated carbocycles. The lowest BCUT2D eigenvalue weighted by molar-refractivity contribution is -0.137. The summed E-state index contributed by atoms with van der Waals surface area (Å²) < 4.78 is 37.1. The summed E-state index contributed by atoms with van der Waals surface area (Å²) in [7, 11) is 0. The summed E-state index contributed by atoms with van der Waals surface area (Å²) in [4.78, 5) is 0. The van der Waals surface area contributed by atoms with Crippen molar-refractivity contribution in [3.8, 4) is 0 Å². The summed E-state index contributed by atoms with van der Waals surface area (Å²) in [5, 5.41) is 3.24. The highest BCUT2D eigenvalue weighted by Crippen LogP contribution is 2.31. The Morgan fingerprint density at radius 1 is 1.05 bits per heavy atom.